The monoisotopic (exact) mass is 1440 g/mol. The number of carbonyl (C=O) groups excluding carboxylic acids is 8. The van der Waals surface area contributed by atoms with E-state index in [4.69, 9.17) is 5.73 Å². The summed E-state index contributed by atoms with van der Waals surface area (Å²) >= 11 is 0. The summed E-state index contributed by atoms with van der Waals surface area (Å²) in [4.78, 5) is 139. The Morgan fingerprint density at radius 2 is 0.757 bits per heavy atom. The summed E-state index contributed by atoms with van der Waals surface area (Å²) in [6, 6.07) is 40.8. The number of hydrogen-bond acceptors (Lipinski definition) is 16. The molecule has 0 bridgehead atoms. The highest BCUT2D eigenvalue weighted by molar-refractivity contribution is 6.06. The van der Waals surface area contributed by atoms with Crippen molar-refractivity contribution in [2.45, 2.75) is 140 Å². The zero-order valence-electron chi connectivity index (χ0n) is 60.4. The number of hydrogen-bond donors (Lipinski definition) is 6. The van der Waals surface area contributed by atoms with Crippen LogP contribution in [0, 0.1) is 17.8 Å². The van der Waals surface area contributed by atoms with Gasteiger partial charge >= 0.3 is 12.1 Å². The molecule has 6 aliphatic rings. The van der Waals surface area contributed by atoms with Gasteiger partial charge in [0.05, 0.1) is 0 Å². The number of nitrogens with two attached hydrogens (primary N) is 1. The van der Waals surface area contributed by atoms with Gasteiger partial charge in [0.15, 0.2) is 46.1 Å². The number of fused-ring (bicyclic) bond motifs is 4. The maximum absolute atomic E-state index is 13.3. The lowest BCUT2D eigenvalue weighted by molar-refractivity contribution is -0.123. The molecule has 25 heteroatoms. The lowest BCUT2D eigenvalue weighted by atomic mass is 9.88. The lowest BCUT2D eigenvalue weighted by Gasteiger charge is -2.28. The number of amides is 9. The van der Waals surface area contributed by atoms with E-state index >= 15 is 0 Å². The van der Waals surface area contributed by atoms with Gasteiger partial charge in [-0.1, -0.05) is 154 Å². The Kier molecular flexibility index (Phi) is 24.9. The number of anilines is 5. The van der Waals surface area contributed by atoms with Crippen LogP contribution in [-0.4, -0.2) is 131 Å². The SMILES string of the molecule is CN(C(=O)C1CCCCC1)c1nccnc1C(=O)N(C)C1Cc2ccccc2C1.CN(C(=O)C1CCCCC1)c1nccnc1C(=O)NC1Cc2ccccc2C1.NC(=O)Nc1nccnc1C(=O)CC1Cc2ccccc2C1.O=C(Nc1ccccc1)Nc1nccnc1C(=O)NC1Cc2ccccc2C1. The summed E-state index contributed by atoms with van der Waals surface area (Å²) in [5, 5.41) is 13.7. The molecule has 25 nitrogen and oxygen atoms in total. The number of benzene rings is 5. The van der Waals surface area contributed by atoms with Crippen LogP contribution in [0.5, 0.6) is 0 Å². The number of Topliss-reactive ketones (excluding diaryl/α,β-unsaturated/α-hetero) is 1. The number of carbonyl (C=O) groups is 8. The van der Waals surface area contributed by atoms with Gasteiger partial charge in [-0.2, -0.15) is 0 Å². The van der Waals surface area contributed by atoms with Crippen LogP contribution in [0.15, 0.2) is 177 Å². The number of nitrogens with zero attached hydrogens (tertiary/aromatic N) is 11. The predicted octanol–water partition coefficient (Wildman–Crippen LogP) is 11.1. The molecular formula is C82H89N17O8. The second-order valence-corrected chi connectivity index (χ2v) is 28.0. The van der Waals surface area contributed by atoms with Crippen LogP contribution >= 0.6 is 0 Å². The van der Waals surface area contributed by atoms with Crippen molar-refractivity contribution in [2.75, 3.05) is 46.9 Å². The van der Waals surface area contributed by atoms with E-state index < -0.39 is 12.1 Å². The average molecular weight is 1440 g/mol. The molecule has 0 saturated heterocycles. The second kappa shape index (κ2) is 35.6. The van der Waals surface area contributed by atoms with Crippen LogP contribution in [-0.2, 0) is 61.0 Å². The lowest BCUT2D eigenvalue weighted by Crippen LogP contribution is -2.40. The summed E-state index contributed by atoms with van der Waals surface area (Å²) < 4.78 is 0. The molecular weight excluding hydrogens is 1350 g/mol. The summed E-state index contributed by atoms with van der Waals surface area (Å²) in [7, 11) is 5.23. The number of urea groups is 2. The highest BCUT2D eigenvalue weighted by Crippen LogP contribution is 2.34. The topological polar surface area (TPSA) is 336 Å². The summed E-state index contributed by atoms with van der Waals surface area (Å²) in [6.45, 7) is 0. The minimum atomic E-state index is -0.761. The smallest absolute Gasteiger partial charge is 0.324 e. The molecule has 2 saturated carbocycles. The van der Waals surface area contributed by atoms with Crippen LogP contribution in [0.1, 0.15) is 157 Å². The summed E-state index contributed by atoms with van der Waals surface area (Å²) in [5.41, 5.74) is 16.7. The van der Waals surface area contributed by atoms with Gasteiger partial charge in [0.2, 0.25) is 11.8 Å². The average Bonchev–Trinajstić information content (AvgIpc) is 1.76. The van der Waals surface area contributed by atoms with Crippen LogP contribution < -0.4 is 42.1 Å². The maximum Gasteiger partial charge on any atom is 0.324 e. The number of ketones is 1. The molecule has 4 heterocycles. The third-order valence-electron chi connectivity index (χ3n) is 20.6. The van der Waals surface area contributed by atoms with E-state index in [2.05, 4.69) is 115 Å². The van der Waals surface area contributed by atoms with Gasteiger partial charge in [-0.3, -0.25) is 49.2 Å². The third kappa shape index (κ3) is 19.1. The minimum Gasteiger partial charge on any atom is -0.351 e. The van der Waals surface area contributed by atoms with Crippen molar-refractivity contribution in [1.82, 2.24) is 55.4 Å². The molecule has 9 amide bonds. The first-order valence-electron chi connectivity index (χ1n) is 36.7. The summed E-state index contributed by atoms with van der Waals surface area (Å²) in [5.74, 6) is 0.336. The Morgan fingerprint density at radius 1 is 0.393 bits per heavy atom. The fraction of sp³-hybridized carbons (Fsp3) is 0.341. The van der Waals surface area contributed by atoms with E-state index in [-0.39, 0.29) is 106 Å². The molecule has 15 rings (SSSR count). The van der Waals surface area contributed by atoms with Crippen molar-refractivity contribution < 1.29 is 38.4 Å². The van der Waals surface area contributed by atoms with Crippen molar-refractivity contribution >= 4 is 76.3 Å². The number of para-hydroxylation sites is 1. The van der Waals surface area contributed by atoms with Crippen molar-refractivity contribution in [3.05, 3.63) is 244 Å². The number of nitrogens with one attached hydrogen (secondary N) is 5. The van der Waals surface area contributed by atoms with E-state index in [1.165, 1.54) is 111 Å². The first-order chi connectivity index (χ1) is 52.0. The number of likely N-dealkylation sites (N-methyl/N-ethyl adjacent to an activating group) is 1. The van der Waals surface area contributed by atoms with Gasteiger partial charge in [-0.25, -0.2) is 49.5 Å². The zero-order chi connectivity index (χ0) is 74.8. The molecule has 4 aromatic heterocycles. The van der Waals surface area contributed by atoms with Crippen LogP contribution in [0.2, 0.25) is 0 Å². The fourth-order valence-corrected chi connectivity index (χ4v) is 15.2. The van der Waals surface area contributed by atoms with Gasteiger partial charge in [-0.05, 0) is 140 Å². The Labute approximate surface area is 621 Å². The van der Waals surface area contributed by atoms with E-state index in [9.17, 15) is 38.4 Å². The molecule has 0 atom stereocenters. The normalized spacial score (nSPS) is 15.3. The van der Waals surface area contributed by atoms with Gasteiger partial charge < -0.3 is 26.6 Å². The third-order valence-corrected chi connectivity index (χ3v) is 20.6. The van der Waals surface area contributed by atoms with E-state index in [0.717, 1.165) is 103 Å². The standard InChI is InChI=1S/C23H28N4O2.C22H26N4O2.C21H19N5O2.C16H16N4O2/c1-26(19-14-17-10-6-7-11-18(17)15-19)23(29)20-21(25-13-12-24-20)27(2)22(28)16-8-4-3-5-9-16;1-26(22(28)15-7-3-2-4-8-15)20-19(23-11-12-24-20)21(27)25-18-13-16-9-5-6-10-17(16)14-18;27-20(24-17-12-14-6-4-5-7-15(14)13-17)18-19(23-11-10-22-18)26-21(28)25-16-8-2-1-3-9-16;17-16(22)20-15-14(18-5-6-19-15)13(21)9-10-7-11-3-1-2-4-12(11)8-10/h6-7,10-13,16,19H,3-5,8-9,14-15H2,1-2H3;5-6,9-12,15,18H,2-4,7-8,13-14H2,1H3,(H,25,27);1-11,17H,12-13H2,(H,24,27)(H2,23,25,26,28);1-6,10H,7-9H2,(H3,17,19,20,22). The number of rotatable bonds is 16. The van der Waals surface area contributed by atoms with Gasteiger partial charge in [0, 0.05) is 113 Å². The Balaban J connectivity index is 0.000000134. The highest BCUT2D eigenvalue weighted by Gasteiger charge is 2.35. The van der Waals surface area contributed by atoms with Crippen molar-refractivity contribution in [1.29, 1.82) is 0 Å². The highest BCUT2D eigenvalue weighted by atomic mass is 16.2. The molecule has 6 aliphatic carbocycles. The molecule has 550 valence electrons. The number of primary amides is 1. The fourth-order valence-electron chi connectivity index (χ4n) is 15.2. The predicted molar refractivity (Wildman–Crippen MR) is 407 cm³/mol. The van der Waals surface area contributed by atoms with Crippen LogP contribution in [0.3, 0.4) is 0 Å². The molecule has 0 unspecified atom stereocenters. The summed E-state index contributed by atoms with van der Waals surface area (Å²) in [6.07, 6.45) is 29.2. The molecule has 0 radical (unpaired) electrons. The number of aromatic nitrogens is 8. The van der Waals surface area contributed by atoms with E-state index in [0.29, 0.717) is 23.7 Å². The first-order valence-corrected chi connectivity index (χ1v) is 36.7. The molecule has 0 aliphatic heterocycles. The van der Waals surface area contributed by atoms with Crippen molar-refractivity contribution in [2.24, 2.45) is 23.5 Å². The van der Waals surface area contributed by atoms with Gasteiger partial charge in [-0.15, -0.1) is 0 Å². The zero-order valence-corrected chi connectivity index (χ0v) is 60.4. The first kappa shape index (κ1) is 74.7. The quantitative estimate of drug-likeness (QED) is 0.0490. The van der Waals surface area contributed by atoms with E-state index in [1.54, 1.807) is 37.3 Å². The largest absolute Gasteiger partial charge is 0.351 e. The second-order valence-electron chi connectivity index (χ2n) is 28.0. The molecule has 5 aromatic carbocycles. The van der Waals surface area contributed by atoms with Crippen LogP contribution in [0.25, 0.3) is 0 Å². The van der Waals surface area contributed by atoms with Crippen molar-refractivity contribution in [3.63, 3.8) is 0 Å². The maximum atomic E-state index is 13.3. The van der Waals surface area contributed by atoms with Gasteiger partial charge in [0.25, 0.3) is 17.7 Å². The Hall–Kier alpha value is -12.0. The molecule has 107 heavy (non-hydrogen) atoms. The Bertz CT molecular complexity index is 4580. The van der Waals surface area contributed by atoms with Crippen LogP contribution in [0.4, 0.5) is 38.5 Å². The van der Waals surface area contributed by atoms with Gasteiger partial charge in [0.1, 0.15) is 5.69 Å². The minimum absolute atomic E-state index is 0.00194. The molecule has 2 fully saturated rings. The molecule has 0 spiro atoms. The molecule has 7 N–H and O–H groups in total. The Morgan fingerprint density at radius 3 is 1.21 bits per heavy atom. The van der Waals surface area contributed by atoms with E-state index in [1.807, 2.05) is 73.8 Å². The molecule has 9 aromatic rings. The van der Waals surface area contributed by atoms with Crippen molar-refractivity contribution in [3.8, 4) is 0 Å².